The number of carbonyl (C=O) groups excluding carboxylic acids is 1. The Hall–Kier alpha value is -1.31. The van der Waals surface area contributed by atoms with Crippen LogP contribution in [0.25, 0.3) is 0 Å². The van der Waals surface area contributed by atoms with Gasteiger partial charge in [0.25, 0.3) is 0 Å². The maximum Gasteiger partial charge on any atom is 0.310 e. The molecule has 1 rings (SSSR count). The third-order valence-electron chi connectivity index (χ3n) is 2.59. The monoisotopic (exact) mass is 262 g/mol. The van der Waals surface area contributed by atoms with Crippen molar-refractivity contribution in [2.24, 2.45) is 5.41 Å². The van der Waals surface area contributed by atoms with Gasteiger partial charge in [0.1, 0.15) is 5.60 Å². The van der Waals surface area contributed by atoms with Gasteiger partial charge in [-0.05, 0) is 43.7 Å². The smallest absolute Gasteiger partial charge is 0.310 e. The second-order valence-electron chi connectivity index (χ2n) is 7.27. The quantitative estimate of drug-likeness (QED) is 0.765. The predicted octanol–water partition coefficient (Wildman–Crippen LogP) is 4.16. The molecule has 19 heavy (non-hydrogen) atoms. The first-order chi connectivity index (χ1) is 8.57. The van der Waals surface area contributed by atoms with E-state index in [1.54, 1.807) is 0 Å². The molecule has 1 aromatic rings. The van der Waals surface area contributed by atoms with Crippen LogP contribution >= 0.6 is 0 Å². The normalized spacial score (nSPS) is 12.3. The van der Waals surface area contributed by atoms with Crippen molar-refractivity contribution >= 4 is 5.97 Å². The molecule has 106 valence electrons. The van der Waals surface area contributed by atoms with E-state index in [0.717, 1.165) is 12.0 Å². The molecular formula is C17H26O2. The summed E-state index contributed by atoms with van der Waals surface area (Å²) in [6.07, 6.45) is 1.31. The second kappa shape index (κ2) is 5.77. The first kappa shape index (κ1) is 15.7. The van der Waals surface area contributed by atoms with Gasteiger partial charge in [-0.15, -0.1) is 0 Å². The van der Waals surface area contributed by atoms with Crippen LogP contribution in [0.2, 0.25) is 0 Å². The Bertz CT molecular complexity index is 433. The molecule has 0 radical (unpaired) electrons. The molecule has 0 fully saturated rings. The minimum atomic E-state index is -0.421. The van der Waals surface area contributed by atoms with E-state index < -0.39 is 5.60 Å². The summed E-state index contributed by atoms with van der Waals surface area (Å²) >= 11 is 0. The highest BCUT2D eigenvalue weighted by molar-refractivity contribution is 5.73. The number of esters is 1. The minimum Gasteiger partial charge on any atom is -0.460 e. The lowest BCUT2D eigenvalue weighted by molar-refractivity contribution is -0.153. The van der Waals surface area contributed by atoms with Gasteiger partial charge in [-0.1, -0.05) is 45.0 Å². The first-order valence-corrected chi connectivity index (χ1v) is 6.85. The zero-order valence-corrected chi connectivity index (χ0v) is 13.0. The van der Waals surface area contributed by atoms with Crippen molar-refractivity contribution in [3.63, 3.8) is 0 Å². The standard InChI is InChI=1S/C17H26O2/c1-16(2,3)12-14-10-8-7-9-13(14)11-15(18)19-17(4,5)6/h7-10H,11-12H2,1-6H3. The van der Waals surface area contributed by atoms with E-state index in [-0.39, 0.29) is 11.4 Å². The Morgan fingerprint density at radius 2 is 1.53 bits per heavy atom. The Morgan fingerprint density at radius 3 is 2.00 bits per heavy atom. The lowest BCUT2D eigenvalue weighted by Gasteiger charge is -2.22. The van der Waals surface area contributed by atoms with Gasteiger partial charge in [0.05, 0.1) is 6.42 Å². The molecular weight excluding hydrogens is 236 g/mol. The Balaban J connectivity index is 2.81. The van der Waals surface area contributed by atoms with Crippen molar-refractivity contribution < 1.29 is 9.53 Å². The summed E-state index contributed by atoms with van der Waals surface area (Å²) in [5.41, 5.74) is 2.10. The van der Waals surface area contributed by atoms with Gasteiger partial charge in [0.2, 0.25) is 0 Å². The van der Waals surface area contributed by atoms with Gasteiger partial charge in [-0.25, -0.2) is 0 Å². The fourth-order valence-electron chi connectivity index (χ4n) is 2.01. The molecule has 0 aliphatic carbocycles. The molecule has 0 aromatic heterocycles. The molecule has 2 heteroatoms. The molecule has 1 aromatic carbocycles. The third-order valence-corrected chi connectivity index (χ3v) is 2.59. The molecule has 0 aliphatic heterocycles. The SMILES string of the molecule is CC(C)(C)Cc1ccccc1CC(=O)OC(C)(C)C. The number of ether oxygens (including phenoxy) is 1. The summed E-state index contributed by atoms with van der Waals surface area (Å²) in [4.78, 5) is 11.9. The number of hydrogen-bond donors (Lipinski definition) is 0. The molecule has 0 saturated carbocycles. The van der Waals surface area contributed by atoms with Crippen LogP contribution in [0.4, 0.5) is 0 Å². The van der Waals surface area contributed by atoms with E-state index in [4.69, 9.17) is 4.74 Å². The van der Waals surface area contributed by atoms with E-state index in [1.165, 1.54) is 5.56 Å². The maximum absolute atomic E-state index is 11.9. The minimum absolute atomic E-state index is 0.158. The highest BCUT2D eigenvalue weighted by Gasteiger charge is 2.19. The maximum atomic E-state index is 11.9. The fourth-order valence-corrected chi connectivity index (χ4v) is 2.01. The van der Waals surface area contributed by atoms with Crippen LogP contribution in [0.5, 0.6) is 0 Å². The van der Waals surface area contributed by atoms with E-state index in [9.17, 15) is 4.79 Å². The van der Waals surface area contributed by atoms with Crippen molar-refractivity contribution in [1.29, 1.82) is 0 Å². The largest absolute Gasteiger partial charge is 0.460 e. The van der Waals surface area contributed by atoms with Crippen molar-refractivity contribution in [1.82, 2.24) is 0 Å². The van der Waals surface area contributed by atoms with E-state index in [0.29, 0.717) is 6.42 Å². The highest BCUT2D eigenvalue weighted by atomic mass is 16.6. The zero-order chi connectivity index (χ0) is 14.7. The summed E-state index contributed by atoms with van der Waals surface area (Å²) in [5.74, 6) is -0.158. The van der Waals surface area contributed by atoms with Crippen molar-refractivity contribution in [2.45, 2.75) is 60.0 Å². The third kappa shape index (κ3) is 6.42. The molecule has 0 atom stereocenters. The molecule has 0 unspecified atom stereocenters. The van der Waals surface area contributed by atoms with Crippen LogP contribution < -0.4 is 0 Å². The van der Waals surface area contributed by atoms with Gasteiger partial charge in [-0.3, -0.25) is 4.79 Å². The molecule has 0 saturated heterocycles. The number of benzene rings is 1. The Morgan fingerprint density at radius 1 is 1.00 bits per heavy atom. The molecule has 0 bridgehead atoms. The molecule has 0 aliphatic rings. The Kier molecular flexibility index (Phi) is 4.78. The Labute approximate surface area is 117 Å². The van der Waals surface area contributed by atoms with Crippen LogP contribution in [0.3, 0.4) is 0 Å². The van der Waals surface area contributed by atoms with E-state index in [2.05, 4.69) is 26.8 Å². The molecule has 0 amide bonds. The topological polar surface area (TPSA) is 26.3 Å². The van der Waals surface area contributed by atoms with Gasteiger partial charge in [-0.2, -0.15) is 0 Å². The average molecular weight is 262 g/mol. The number of hydrogen-bond acceptors (Lipinski definition) is 2. The van der Waals surface area contributed by atoms with Crippen LogP contribution in [0.15, 0.2) is 24.3 Å². The second-order valence-corrected chi connectivity index (χ2v) is 7.27. The molecule has 0 N–H and O–H groups in total. The summed E-state index contributed by atoms with van der Waals surface area (Å²) in [7, 11) is 0. The molecule has 2 nitrogen and oxygen atoms in total. The summed E-state index contributed by atoms with van der Waals surface area (Å²) < 4.78 is 5.39. The van der Waals surface area contributed by atoms with Gasteiger partial charge in [0.15, 0.2) is 0 Å². The summed E-state index contributed by atoms with van der Waals surface area (Å²) in [5, 5.41) is 0. The lowest BCUT2D eigenvalue weighted by Crippen LogP contribution is -2.25. The van der Waals surface area contributed by atoms with Crippen molar-refractivity contribution in [2.75, 3.05) is 0 Å². The fraction of sp³-hybridized carbons (Fsp3) is 0.588. The van der Waals surface area contributed by atoms with E-state index >= 15 is 0 Å². The van der Waals surface area contributed by atoms with Crippen LogP contribution in [0.1, 0.15) is 52.7 Å². The summed E-state index contributed by atoms with van der Waals surface area (Å²) in [6, 6.07) is 8.13. The van der Waals surface area contributed by atoms with Crippen LogP contribution in [-0.4, -0.2) is 11.6 Å². The highest BCUT2D eigenvalue weighted by Crippen LogP contribution is 2.23. The van der Waals surface area contributed by atoms with E-state index in [1.807, 2.05) is 39.0 Å². The van der Waals surface area contributed by atoms with Gasteiger partial charge < -0.3 is 4.74 Å². The van der Waals surface area contributed by atoms with Crippen molar-refractivity contribution in [3.05, 3.63) is 35.4 Å². The molecule has 0 heterocycles. The zero-order valence-electron chi connectivity index (χ0n) is 13.0. The number of carbonyl (C=O) groups is 1. The average Bonchev–Trinajstić information content (AvgIpc) is 2.15. The molecule has 0 spiro atoms. The van der Waals surface area contributed by atoms with Crippen LogP contribution in [0, 0.1) is 5.41 Å². The predicted molar refractivity (Wildman–Crippen MR) is 79.2 cm³/mol. The van der Waals surface area contributed by atoms with Crippen LogP contribution in [-0.2, 0) is 22.4 Å². The van der Waals surface area contributed by atoms with Gasteiger partial charge >= 0.3 is 5.97 Å². The van der Waals surface area contributed by atoms with Crippen molar-refractivity contribution in [3.8, 4) is 0 Å². The summed E-state index contributed by atoms with van der Waals surface area (Å²) in [6.45, 7) is 12.3. The van der Waals surface area contributed by atoms with Gasteiger partial charge in [0, 0.05) is 0 Å². The number of rotatable bonds is 3. The lowest BCUT2D eigenvalue weighted by atomic mass is 9.86. The first-order valence-electron chi connectivity index (χ1n) is 6.85.